The van der Waals surface area contributed by atoms with Crippen LogP contribution < -0.4 is 10.2 Å². The van der Waals surface area contributed by atoms with Crippen LogP contribution in [0.4, 0.5) is 5.69 Å². The molecule has 0 bridgehead atoms. The third-order valence-corrected chi connectivity index (χ3v) is 3.84. The number of benzene rings is 1. The second kappa shape index (κ2) is 6.27. The number of nitrogens with zero attached hydrogens (tertiary/aromatic N) is 2. The molecule has 1 aliphatic heterocycles. The smallest absolute Gasteiger partial charge is 0.0726 e. The SMILES string of the molecule is CC(C)NCc1cc(N2CC=CCC2)c2ccccc2n1. The van der Waals surface area contributed by atoms with Gasteiger partial charge in [0.1, 0.15) is 0 Å². The Bertz CT molecular complexity index is 646. The lowest BCUT2D eigenvalue weighted by Gasteiger charge is -2.27. The summed E-state index contributed by atoms with van der Waals surface area (Å²) in [5, 5.41) is 4.71. The third kappa shape index (κ3) is 3.24. The highest BCUT2D eigenvalue weighted by atomic mass is 15.1. The second-order valence-electron chi connectivity index (χ2n) is 5.89. The van der Waals surface area contributed by atoms with Crippen molar-refractivity contribution >= 4 is 16.6 Å². The van der Waals surface area contributed by atoms with E-state index in [0.717, 1.165) is 37.3 Å². The van der Waals surface area contributed by atoms with E-state index in [1.807, 2.05) is 0 Å². The Labute approximate surface area is 126 Å². The van der Waals surface area contributed by atoms with E-state index >= 15 is 0 Å². The molecule has 0 unspecified atom stereocenters. The first kappa shape index (κ1) is 14.1. The van der Waals surface area contributed by atoms with E-state index in [9.17, 15) is 0 Å². The average molecular weight is 281 g/mol. The van der Waals surface area contributed by atoms with Crippen molar-refractivity contribution in [3.63, 3.8) is 0 Å². The Morgan fingerprint density at radius 1 is 1.24 bits per heavy atom. The fourth-order valence-corrected chi connectivity index (χ4v) is 2.73. The molecule has 21 heavy (non-hydrogen) atoms. The minimum absolute atomic E-state index is 0.472. The lowest BCUT2D eigenvalue weighted by Crippen LogP contribution is -2.28. The van der Waals surface area contributed by atoms with Crippen molar-refractivity contribution in [1.82, 2.24) is 10.3 Å². The maximum Gasteiger partial charge on any atom is 0.0726 e. The van der Waals surface area contributed by atoms with E-state index in [4.69, 9.17) is 4.98 Å². The maximum atomic E-state index is 4.80. The minimum Gasteiger partial charge on any atom is -0.367 e. The Hall–Kier alpha value is -1.87. The first-order valence-electron chi connectivity index (χ1n) is 7.76. The summed E-state index contributed by atoms with van der Waals surface area (Å²) >= 11 is 0. The molecule has 3 rings (SSSR count). The number of rotatable bonds is 4. The summed E-state index contributed by atoms with van der Waals surface area (Å²) in [6.45, 7) is 7.22. The predicted octanol–water partition coefficient (Wildman–Crippen LogP) is 3.50. The lowest BCUT2D eigenvalue weighted by molar-refractivity contribution is 0.582. The summed E-state index contributed by atoms with van der Waals surface area (Å²) in [4.78, 5) is 7.24. The maximum absolute atomic E-state index is 4.80. The Morgan fingerprint density at radius 3 is 2.86 bits per heavy atom. The van der Waals surface area contributed by atoms with Crippen LogP contribution in [0.15, 0.2) is 42.5 Å². The lowest BCUT2D eigenvalue weighted by atomic mass is 10.1. The van der Waals surface area contributed by atoms with E-state index in [0.29, 0.717) is 6.04 Å². The zero-order chi connectivity index (χ0) is 14.7. The normalized spacial score (nSPS) is 15.1. The highest BCUT2D eigenvalue weighted by molar-refractivity contribution is 5.92. The molecule has 0 aliphatic carbocycles. The molecule has 1 N–H and O–H groups in total. The van der Waals surface area contributed by atoms with Gasteiger partial charge in [0.05, 0.1) is 11.2 Å². The van der Waals surface area contributed by atoms with Gasteiger partial charge in [-0.2, -0.15) is 0 Å². The molecule has 1 aliphatic rings. The van der Waals surface area contributed by atoms with E-state index in [1.54, 1.807) is 0 Å². The molecule has 110 valence electrons. The zero-order valence-corrected chi connectivity index (χ0v) is 12.8. The molecule has 0 radical (unpaired) electrons. The van der Waals surface area contributed by atoms with Crippen molar-refractivity contribution in [2.75, 3.05) is 18.0 Å². The van der Waals surface area contributed by atoms with Gasteiger partial charge in [0.25, 0.3) is 0 Å². The number of pyridine rings is 1. The summed E-state index contributed by atoms with van der Waals surface area (Å²) in [7, 11) is 0. The molecule has 0 atom stereocenters. The monoisotopic (exact) mass is 281 g/mol. The van der Waals surface area contributed by atoms with Gasteiger partial charge in [-0.05, 0) is 18.6 Å². The van der Waals surface area contributed by atoms with Crippen molar-refractivity contribution in [3.05, 3.63) is 48.2 Å². The molecule has 2 heterocycles. The van der Waals surface area contributed by atoms with Crippen molar-refractivity contribution in [3.8, 4) is 0 Å². The molecule has 0 saturated carbocycles. The first-order valence-corrected chi connectivity index (χ1v) is 7.76. The molecular weight excluding hydrogens is 258 g/mol. The largest absolute Gasteiger partial charge is 0.367 e. The molecule has 1 aromatic carbocycles. The van der Waals surface area contributed by atoms with Gasteiger partial charge in [0, 0.05) is 36.7 Å². The molecule has 0 fully saturated rings. The molecular formula is C18H23N3. The van der Waals surface area contributed by atoms with E-state index in [1.165, 1.54) is 11.1 Å². The average Bonchev–Trinajstić information content (AvgIpc) is 2.53. The number of para-hydroxylation sites is 1. The molecule has 0 spiro atoms. The van der Waals surface area contributed by atoms with Gasteiger partial charge in [0.2, 0.25) is 0 Å². The van der Waals surface area contributed by atoms with Crippen LogP contribution in [-0.4, -0.2) is 24.1 Å². The van der Waals surface area contributed by atoms with Crippen LogP contribution in [0.25, 0.3) is 10.9 Å². The van der Waals surface area contributed by atoms with Crippen LogP contribution in [-0.2, 0) is 6.54 Å². The van der Waals surface area contributed by atoms with Crippen LogP contribution in [0, 0.1) is 0 Å². The predicted molar refractivity (Wildman–Crippen MR) is 89.7 cm³/mol. The van der Waals surface area contributed by atoms with Gasteiger partial charge in [-0.15, -0.1) is 0 Å². The van der Waals surface area contributed by atoms with E-state index in [2.05, 4.69) is 66.5 Å². The number of aromatic nitrogens is 1. The quantitative estimate of drug-likeness (QED) is 0.869. The highest BCUT2D eigenvalue weighted by Gasteiger charge is 2.13. The van der Waals surface area contributed by atoms with Crippen molar-refractivity contribution in [1.29, 1.82) is 0 Å². The number of hydrogen-bond donors (Lipinski definition) is 1. The van der Waals surface area contributed by atoms with Crippen LogP contribution in [0.3, 0.4) is 0 Å². The zero-order valence-electron chi connectivity index (χ0n) is 12.8. The van der Waals surface area contributed by atoms with Crippen molar-refractivity contribution in [2.45, 2.75) is 32.9 Å². The third-order valence-electron chi connectivity index (χ3n) is 3.84. The van der Waals surface area contributed by atoms with Crippen LogP contribution in [0.5, 0.6) is 0 Å². The van der Waals surface area contributed by atoms with Gasteiger partial charge in [-0.1, -0.05) is 44.2 Å². The van der Waals surface area contributed by atoms with Gasteiger partial charge in [0.15, 0.2) is 0 Å². The van der Waals surface area contributed by atoms with Crippen LogP contribution in [0.2, 0.25) is 0 Å². The number of anilines is 1. The summed E-state index contributed by atoms with van der Waals surface area (Å²) in [5.74, 6) is 0. The van der Waals surface area contributed by atoms with Gasteiger partial charge >= 0.3 is 0 Å². The summed E-state index contributed by atoms with van der Waals surface area (Å²) < 4.78 is 0. The minimum atomic E-state index is 0.472. The Kier molecular flexibility index (Phi) is 4.20. The second-order valence-corrected chi connectivity index (χ2v) is 5.89. The van der Waals surface area contributed by atoms with Gasteiger partial charge < -0.3 is 10.2 Å². The first-order chi connectivity index (χ1) is 10.2. The molecule has 2 aromatic rings. The highest BCUT2D eigenvalue weighted by Crippen LogP contribution is 2.28. The topological polar surface area (TPSA) is 28.2 Å². The van der Waals surface area contributed by atoms with E-state index in [-0.39, 0.29) is 0 Å². The van der Waals surface area contributed by atoms with E-state index < -0.39 is 0 Å². The molecule has 0 amide bonds. The number of nitrogens with one attached hydrogen (secondary N) is 1. The Morgan fingerprint density at radius 2 is 2.10 bits per heavy atom. The van der Waals surface area contributed by atoms with Gasteiger partial charge in [-0.3, -0.25) is 4.98 Å². The molecule has 3 nitrogen and oxygen atoms in total. The van der Waals surface area contributed by atoms with Gasteiger partial charge in [-0.25, -0.2) is 0 Å². The number of hydrogen-bond acceptors (Lipinski definition) is 3. The number of fused-ring (bicyclic) bond motifs is 1. The molecule has 3 heteroatoms. The standard InChI is InChI=1S/C18H23N3/c1-14(2)19-13-15-12-18(21-10-6-3-7-11-21)16-8-4-5-9-17(16)20-15/h3-6,8-9,12,14,19H,7,10-11,13H2,1-2H3. The van der Waals surface area contributed by atoms with Crippen molar-refractivity contribution < 1.29 is 0 Å². The molecule has 0 saturated heterocycles. The summed E-state index contributed by atoms with van der Waals surface area (Å²) in [5.41, 5.74) is 3.52. The summed E-state index contributed by atoms with van der Waals surface area (Å²) in [6.07, 6.45) is 5.64. The van der Waals surface area contributed by atoms with Crippen molar-refractivity contribution in [2.24, 2.45) is 0 Å². The van der Waals surface area contributed by atoms with Crippen LogP contribution >= 0.6 is 0 Å². The fourth-order valence-electron chi connectivity index (χ4n) is 2.73. The van der Waals surface area contributed by atoms with Crippen LogP contribution in [0.1, 0.15) is 26.0 Å². The summed E-state index contributed by atoms with van der Waals surface area (Å²) in [6, 6.07) is 11.2. The molecule has 1 aromatic heterocycles. The fraction of sp³-hybridized carbons (Fsp3) is 0.389. The Balaban J connectivity index is 2.00.